The second-order valence-electron chi connectivity index (χ2n) is 11.2. The lowest BCUT2D eigenvalue weighted by Crippen LogP contribution is -2.70. The summed E-state index contributed by atoms with van der Waals surface area (Å²) >= 11 is 12.6. The standard InChI is InChI=1S/C29H32Cl2N7O2P/c1-18(26-23(30)14-35-15-24(26)31)40-21-4-5-25(33)22(11-21)27(34)20-10-19(12-32)28(36-13-20)37-16-29(2,17-37)38-6-8-41(3,39)9-7-38/h4-5,10-11,13-15,18,34H,6-9,16-17,33H2,1-3H3/t18-/m1/s1. The van der Waals surface area contributed by atoms with Gasteiger partial charge in [0.25, 0.3) is 0 Å². The number of nitrogens with two attached hydrogens (primary N) is 1. The molecule has 0 unspecified atom stereocenters. The number of hydrogen-bond acceptors (Lipinski definition) is 9. The maximum absolute atomic E-state index is 12.4. The molecule has 2 aromatic heterocycles. The number of ether oxygens (including phenoxy) is 1. The molecule has 1 atom stereocenters. The summed E-state index contributed by atoms with van der Waals surface area (Å²) in [6.07, 6.45) is 5.65. The summed E-state index contributed by atoms with van der Waals surface area (Å²) < 4.78 is 18.5. The molecule has 0 amide bonds. The zero-order valence-electron chi connectivity index (χ0n) is 23.2. The number of benzene rings is 1. The normalized spacial score (nSPS) is 18.7. The summed E-state index contributed by atoms with van der Waals surface area (Å²) in [4.78, 5) is 13.1. The van der Waals surface area contributed by atoms with E-state index in [1.807, 2.05) is 13.6 Å². The first-order valence-corrected chi connectivity index (χ1v) is 16.6. The number of nitriles is 1. The Morgan fingerprint density at radius 2 is 1.85 bits per heavy atom. The number of nitrogens with zero attached hydrogens (tertiary/aromatic N) is 5. The lowest BCUT2D eigenvalue weighted by molar-refractivity contribution is 0.0831. The van der Waals surface area contributed by atoms with E-state index in [9.17, 15) is 9.83 Å². The molecule has 9 nitrogen and oxygen atoms in total. The number of hydrogen-bond donors (Lipinski definition) is 2. The van der Waals surface area contributed by atoms with Gasteiger partial charge in [-0.2, -0.15) is 5.26 Å². The van der Waals surface area contributed by atoms with Gasteiger partial charge in [-0.05, 0) is 44.8 Å². The van der Waals surface area contributed by atoms with Gasteiger partial charge in [-0.15, -0.1) is 0 Å². The quantitative estimate of drug-likeness (QED) is 0.198. The highest BCUT2D eigenvalue weighted by Crippen LogP contribution is 2.45. The molecule has 12 heteroatoms. The molecule has 0 saturated carbocycles. The molecule has 0 bridgehead atoms. The van der Waals surface area contributed by atoms with Crippen molar-refractivity contribution in [3.8, 4) is 11.8 Å². The third-order valence-corrected chi connectivity index (χ3v) is 10.9. The zero-order valence-corrected chi connectivity index (χ0v) is 25.6. The van der Waals surface area contributed by atoms with Gasteiger partial charge in [-0.3, -0.25) is 15.3 Å². The van der Waals surface area contributed by atoms with E-state index in [2.05, 4.69) is 32.8 Å². The average Bonchev–Trinajstić information content (AvgIpc) is 2.91. The van der Waals surface area contributed by atoms with Crippen molar-refractivity contribution in [1.29, 1.82) is 10.7 Å². The van der Waals surface area contributed by atoms with E-state index < -0.39 is 13.2 Å². The van der Waals surface area contributed by atoms with Gasteiger partial charge in [0.05, 0.1) is 34.0 Å². The molecule has 3 aromatic rings. The van der Waals surface area contributed by atoms with Crippen LogP contribution < -0.4 is 15.4 Å². The Morgan fingerprint density at radius 3 is 2.49 bits per heavy atom. The van der Waals surface area contributed by atoms with Crippen molar-refractivity contribution < 1.29 is 9.30 Å². The van der Waals surface area contributed by atoms with Gasteiger partial charge in [-0.1, -0.05) is 23.2 Å². The second kappa shape index (κ2) is 11.3. The molecule has 214 valence electrons. The van der Waals surface area contributed by atoms with Crippen molar-refractivity contribution in [3.63, 3.8) is 0 Å². The van der Waals surface area contributed by atoms with E-state index in [0.29, 0.717) is 49.6 Å². The Balaban J connectivity index is 1.32. The van der Waals surface area contributed by atoms with E-state index >= 15 is 0 Å². The highest BCUT2D eigenvalue weighted by atomic mass is 35.5. The van der Waals surface area contributed by atoms with Crippen molar-refractivity contribution >= 4 is 47.6 Å². The summed E-state index contributed by atoms with van der Waals surface area (Å²) in [5, 5.41) is 19.6. The molecule has 2 saturated heterocycles. The Morgan fingerprint density at radius 1 is 1.20 bits per heavy atom. The van der Waals surface area contributed by atoms with Crippen LogP contribution in [0.5, 0.6) is 5.75 Å². The predicted octanol–water partition coefficient (Wildman–Crippen LogP) is 5.68. The van der Waals surface area contributed by atoms with Crippen LogP contribution in [0.15, 0.2) is 42.9 Å². The molecule has 2 aliphatic heterocycles. The fourth-order valence-corrected chi connectivity index (χ4v) is 7.76. The monoisotopic (exact) mass is 611 g/mol. The van der Waals surface area contributed by atoms with Crippen LogP contribution in [-0.4, -0.2) is 71.3 Å². The maximum atomic E-state index is 12.4. The third-order valence-electron chi connectivity index (χ3n) is 7.99. The second-order valence-corrected chi connectivity index (χ2v) is 15.5. The molecule has 5 rings (SSSR count). The molecule has 4 heterocycles. The van der Waals surface area contributed by atoms with E-state index in [4.69, 9.17) is 39.1 Å². The number of pyridine rings is 2. The molecule has 41 heavy (non-hydrogen) atoms. The molecule has 2 aliphatic rings. The van der Waals surface area contributed by atoms with E-state index in [1.165, 1.54) is 12.4 Å². The lowest BCUT2D eigenvalue weighted by atomic mass is 9.89. The minimum atomic E-state index is -2.00. The van der Waals surface area contributed by atoms with Crippen LogP contribution in [0.4, 0.5) is 11.5 Å². The van der Waals surface area contributed by atoms with Gasteiger partial charge >= 0.3 is 0 Å². The third kappa shape index (κ3) is 5.93. The van der Waals surface area contributed by atoms with Crippen molar-refractivity contribution in [2.45, 2.75) is 25.5 Å². The van der Waals surface area contributed by atoms with Crippen molar-refractivity contribution in [3.05, 3.63) is 75.2 Å². The summed E-state index contributed by atoms with van der Waals surface area (Å²) in [7, 11) is -2.00. The molecule has 3 N–H and O–H groups in total. The number of anilines is 2. The smallest absolute Gasteiger partial charge is 0.146 e. The highest BCUT2D eigenvalue weighted by molar-refractivity contribution is 7.63. The average molecular weight is 613 g/mol. The highest BCUT2D eigenvalue weighted by Gasteiger charge is 2.46. The minimum absolute atomic E-state index is 0.0447. The van der Waals surface area contributed by atoms with Crippen LogP contribution in [0.2, 0.25) is 10.0 Å². The van der Waals surface area contributed by atoms with E-state index in [1.54, 1.807) is 30.5 Å². The molecule has 0 spiro atoms. The van der Waals surface area contributed by atoms with Crippen molar-refractivity contribution in [1.82, 2.24) is 14.9 Å². The number of halogens is 2. The summed E-state index contributed by atoms with van der Waals surface area (Å²) in [5.74, 6) is 1.09. The molecule has 0 radical (unpaired) electrons. The van der Waals surface area contributed by atoms with Gasteiger partial charge in [0.15, 0.2) is 0 Å². The first-order valence-electron chi connectivity index (χ1n) is 13.3. The molecule has 0 aliphatic carbocycles. The van der Waals surface area contributed by atoms with E-state index in [0.717, 1.165) is 38.5 Å². The summed E-state index contributed by atoms with van der Waals surface area (Å²) in [6.45, 7) is 9.06. The van der Waals surface area contributed by atoms with Crippen LogP contribution in [0.25, 0.3) is 0 Å². The summed E-state index contributed by atoms with van der Waals surface area (Å²) in [6, 6.07) is 9.01. The maximum Gasteiger partial charge on any atom is 0.146 e. The van der Waals surface area contributed by atoms with Gasteiger partial charge in [0.2, 0.25) is 0 Å². The van der Waals surface area contributed by atoms with Gasteiger partial charge in [-0.25, -0.2) is 4.98 Å². The number of aromatic nitrogens is 2. The van der Waals surface area contributed by atoms with Gasteiger partial charge in [0.1, 0.15) is 23.7 Å². The number of rotatable bonds is 7. The lowest BCUT2D eigenvalue weighted by Gasteiger charge is -2.56. The fourth-order valence-electron chi connectivity index (χ4n) is 5.54. The molecule has 1 aromatic carbocycles. The number of nitrogens with one attached hydrogen (secondary N) is 1. The van der Waals surface area contributed by atoms with Crippen LogP contribution in [-0.2, 0) is 4.57 Å². The fraction of sp³-hybridized carbons (Fsp3) is 0.379. The largest absolute Gasteiger partial charge is 0.486 e. The topological polar surface area (TPSA) is 132 Å². The van der Waals surface area contributed by atoms with Crippen LogP contribution >= 0.6 is 30.3 Å². The Labute approximate surface area is 250 Å². The van der Waals surface area contributed by atoms with E-state index in [-0.39, 0.29) is 11.3 Å². The number of nitrogen functional groups attached to an aromatic ring is 1. The van der Waals surface area contributed by atoms with Gasteiger partial charge in [0, 0.05) is 79.5 Å². The SMILES string of the molecule is C[C@@H](Oc1ccc(N)c(C(=N)c2cnc(N3CC(C)(N4CCP(C)(=O)CC4)C3)c(C#N)c2)c1)c1c(Cl)cncc1Cl. The Bertz CT molecular complexity index is 1570. The van der Waals surface area contributed by atoms with Crippen molar-refractivity contribution in [2.24, 2.45) is 0 Å². The van der Waals surface area contributed by atoms with Gasteiger partial charge < -0.3 is 19.9 Å². The van der Waals surface area contributed by atoms with Crippen LogP contribution in [0, 0.1) is 16.7 Å². The predicted molar refractivity (Wildman–Crippen MR) is 164 cm³/mol. The van der Waals surface area contributed by atoms with Crippen LogP contribution in [0.1, 0.15) is 42.2 Å². The molecule has 2 fully saturated rings. The summed E-state index contributed by atoms with van der Waals surface area (Å²) in [5.41, 5.74) is 8.67. The Kier molecular flexibility index (Phi) is 8.06. The molecular formula is C29H32Cl2N7O2P. The Hall–Kier alpha value is -3.15. The first kappa shape index (κ1) is 29.3. The first-order chi connectivity index (χ1) is 19.4. The molecular weight excluding hydrogens is 580 g/mol. The van der Waals surface area contributed by atoms with Crippen LogP contribution in [0.3, 0.4) is 0 Å². The minimum Gasteiger partial charge on any atom is -0.486 e. The van der Waals surface area contributed by atoms with Crippen molar-refractivity contribution in [2.75, 3.05) is 55.8 Å². The zero-order chi connectivity index (χ0) is 29.5.